The van der Waals surface area contributed by atoms with E-state index in [0.717, 1.165) is 0 Å². The van der Waals surface area contributed by atoms with Crippen LogP contribution in [0.15, 0.2) is 16.5 Å². The Hall–Kier alpha value is -0.886. The van der Waals surface area contributed by atoms with E-state index in [-0.39, 0.29) is 28.0 Å². The topological polar surface area (TPSA) is 47.3 Å². The van der Waals surface area contributed by atoms with Gasteiger partial charge in [0.15, 0.2) is 24.1 Å². The predicted molar refractivity (Wildman–Crippen MR) is 29.5 cm³/mol. The molecule has 0 bridgehead atoms. The molecular weight excluding hydrogens is 179 g/mol. The SMILES string of the molecule is O=Cc1ccc(C=O)o1.[Ni]. The molecule has 3 nitrogen and oxygen atoms in total. The van der Waals surface area contributed by atoms with Crippen LogP contribution in [0.1, 0.15) is 21.1 Å². The van der Waals surface area contributed by atoms with Crippen LogP contribution in [-0.4, -0.2) is 12.6 Å². The molecule has 10 heavy (non-hydrogen) atoms. The van der Waals surface area contributed by atoms with Gasteiger partial charge in [0, 0.05) is 16.5 Å². The van der Waals surface area contributed by atoms with Crippen LogP contribution in [0.4, 0.5) is 0 Å². The normalized spacial score (nSPS) is 8.00. The molecule has 0 N–H and O–H groups in total. The summed E-state index contributed by atoms with van der Waals surface area (Å²) in [6.07, 6.45) is 1.10. The molecule has 0 aliphatic carbocycles. The molecule has 0 spiro atoms. The number of rotatable bonds is 2. The van der Waals surface area contributed by atoms with Crippen molar-refractivity contribution in [3.63, 3.8) is 0 Å². The van der Waals surface area contributed by atoms with Crippen LogP contribution in [-0.2, 0) is 16.5 Å². The summed E-state index contributed by atoms with van der Waals surface area (Å²) in [6, 6.07) is 2.88. The quantitative estimate of drug-likeness (QED) is 0.505. The molecule has 4 heteroatoms. The second-order valence-corrected chi connectivity index (χ2v) is 1.48. The average molecular weight is 183 g/mol. The van der Waals surface area contributed by atoms with Crippen LogP contribution < -0.4 is 0 Å². The molecule has 0 saturated heterocycles. The van der Waals surface area contributed by atoms with Crippen molar-refractivity contribution in [1.29, 1.82) is 0 Å². The van der Waals surface area contributed by atoms with E-state index in [9.17, 15) is 9.59 Å². The Labute approximate surface area is 67.3 Å². The Morgan fingerprint density at radius 1 is 1.10 bits per heavy atom. The third kappa shape index (κ3) is 1.81. The smallest absolute Gasteiger partial charge is 0.185 e. The maximum Gasteiger partial charge on any atom is 0.185 e. The molecule has 0 radical (unpaired) electrons. The van der Waals surface area contributed by atoms with E-state index in [1.165, 1.54) is 12.1 Å². The molecular formula is C6H4NiO3. The number of hydrogen-bond acceptors (Lipinski definition) is 3. The molecule has 0 amide bonds. The van der Waals surface area contributed by atoms with Gasteiger partial charge in [-0.1, -0.05) is 0 Å². The fraction of sp³-hybridized carbons (Fsp3) is 0. The zero-order valence-electron chi connectivity index (χ0n) is 4.85. The summed E-state index contributed by atoms with van der Waals surface area (Å²) in [5.41, 5.74) is 0. The standard InChI is InChI=1S/C6H4O3.Ni/c7-3-5-1-2-6(4-8)9-5;/h1-4H;. The molecule has 0 aliphatic rings. The van der Waals surface area contributed by atoms with Crippen molar-refractivity contribution >= 4 is 12.6 Å². The first-order chi connectivity index (χ1) is 4.36. The predicted octanol–water partition coefficient (Wildman–Crippen LogP) is 0.902. The minimum atomic E-state index is 0. The van der Waals surface area contributed by atoms with Gasteiger partial charge < -0.3 is 4.42 Å². The second kappa shape index (κ2) is 4.01. The molecule has 0 saturated carbocycles. The molecule has 0 fully saturated rings. The Balaban J connectivity index is 0.000000810. The van der Waals surface area contributed by atoms with Crippen LogP contribution in [0.25, 0.3) is 0 Å². The van der Waals surface area contributed by atoms with Crippen LogP contribution in [0, 0.1) is 0 Å². The zero-order valence-corrected chi connectivity index (χ0v) is 5.84. The number of carbonyl (C=O) groups excluding carboxylic acids is 2. The van der Waals surface area contributed by atoms with E-state index in [4.69, 9.17) is 0 Å². The first kappa shape index (κ1) is 9.11. The Morgan fingerprint density at radius 2 is 1.50 bits per heavy atom. The molecule has 0 unspecified atom stereocenters. The maximum absolute atomic E-state index is 9.93. The molecule has 1 rings (SSSR count). The average Bonchev–Trinajstić information content (AvgIpc) is 2.34. The Bertz CT molecular complexity index is 206. The summed E-state index contributed by atoms with van der Waals surface area (Å²) in [4.78, 5) is 19.9. The van der Waals surface area contributed by atoms with Crippen LogP contribution >= 0.6 is 0 Å². The van der Waals surface area contributed by atoms with E-state index < -0.39 is 0 Å². The Kier molecular flexibility index (Phi) is 3.66. The fourth-order valence-electron chi connectivity index (χ4n) is 0.495. The van der Waals surface area contributed by atoms with Gasteiger partial charge in [-0.2, -0.15) is 0 Å². The van der Waals surface area contributed by atoms with Crippen molar-refractivity contribution < 1.29 is 30.5 Å². The van der Waals surface area contributed by atoms with Gasteiger partial charge in [0.25, 0.3) is 0 Å². The van der Waals surface area contributed by atoms with Gasteiger partial charge in [0.2, 0.25) is 0 Å². The van der Waals surface area contributed by atoms with Crippen molar-refractivity contribution in [3.8, 4) is 0 Å². The molecule has 0 aromatic carbocycles. The molecule has 56 valence electrons. The van der Waals surface area contributed by atoms with Crippen LogP contribution in [0.5, 0.6) is 0 Å². The summed E-state index contributed by atoms with van der Waals surface area (Å²) >= 11 is 0. The molecule has 0 aliphatic heterocycles. The van der Waals surface area contributed by atoms with E-state index in [1.807, 2.05) is 0 Å². The van der Waals surface area contributed by atoms with Crippen molar-refractivity contribution in [2.45, 2.75) is 0 Å². The largest absolute Gasteiger partial charge is 0.450 e. The summed E-state index contributed by atoms with van der Waals surface area (Å²) in [7, 11) is 0. The second-order valence-electron chi connectivity index (χ2n) is 1.48. The molecule has 1 aromatic rings. The summed E-state index contributed by atoms with van der Waals surface area (Å²) in [6.45, 7) is 0. The van der Waals surface area contributed by atoms with Gasteiger partial charge in [-0.15, -0.1) is 0 Å². The van der Waals surface area contributed by atoms with Crippen molar-refractivity contribution in [2.75, 3.05) is 0 Å². The van der Waals surface area contributed by atoms with E-state index in [1.54, 1.807) is 0 Å². The maximum atomic E-state index is 9.93. The van der Waals surface area contributed by atoms with Gasteiger partial charge in [0.1, 0.15) is 0 Å². The Morgan fingerprint density at radius 3 is 1.70 bits per heavy atom. The summed E-state index contributed by atoms with van der Waals surface area (Å²) in [5.74, 6) is 0.356. The minimum absolute atomic E-state index is 0. The number of furan rings is 1. The third-order valence-corrected chi connectivity index (χ3v) is 0.880. The van der Waals surface area contributed by atoms with Crippen molar-refractivity contribution in [3.05, 3.63) is 23.7 Å². The monoisotopic (exact) mass is 182 g/mol. The van der Waals surface area contributed by atoms with Gasteiger partial charge >= 0.3 is 0 Å². The number of hydrogen-bond donors (Lipinski definition) is 0. The summed E-state index contributed by atoms with van der Waals surface area (Å²) in [5, 5.41) is 0. The first-order valence-electron chi connectivity index (χ1n) is 2.37. The first-order valence-corrected chi connectivity index (χ1v) is 2.37. The van der Waals surface area contributed by atoms with E-state index in [2.05, 4.69) is 4.42 Å². The minimum Gasteiger partial charge on any atom is -0.450 e. The zero-order chi connectivity index (χ0) is 6.69. The van der Waals surface area contributed by atoms with Gasteiger partial charge in [0.05, 0.1) is 0 Å². The van der Waals surface area contributed by atoms with Crippen LogP contribution in [0.3, 0.4) is 0 Å². The van der Waals surface area contributed by atoms with Crippen LogP contribution in [0.2, 0.25) is 0 Å². The van der Waals surface area contributed by atoms with Crippen molar-refractivity contribution in [2.24, 2.45) is 0 Å². The van der Waals surface area contributed by atoms with E-state index in [0.29, 0.717) is 12.6 Å². The van der Waals surface area contributed by atoms with E-state index >= 15 is 0 Å². The fourth-order valence-corrected chi connectivity index (χ4v) is 0.495. The molecule has 1 heterocycles. The van der Waals surface area contributed by atoms with Gasteiger partial charge in [-0.3, -0.25) is 9.59 Å². The third-order valence-electron chi connectivity index (χ3n) is 0.880. The molecule has 1 aromatic heterocycles. The van der Waals surface area contributed by atoms with Gasteiger partial charge in [-0.05, 0) is 12.1 Å². The van der Waals surface area contributed by atoms with Crippen molar-refractivity contribution in [1.82, 2.24) is 0 Å². The number of carbonyl (C=O) groups is 2. The summed E-state index contributed by atoms with van der Waals surface area (Å²) < 4.78 is 4.65. The number of aldehydes is 2. The molecule has 0 atom stereocenters. The van der Waals surface area contributed by atoms with Gasteiger partial charge in [-0.25, -0.2) is 0 Å².